The van der Waals surface area contributed by atoms with Crippen molar-refractivity contribution in [2.75, 3.05) is 52.9 Å². The van der Waals surface area contributed by atoms with Crippen LogP contribution < -0.4 is 11.5 Å². The van der Waals surface area contributed by atoms with Crippen LogP contribution in [-0.2, 0) is 18.9 Å². The predicted octanol–water partition coefficient (Wildman–Crippen LogP) is 0.329. The molecule has 0 rings (SSSR count). The van der Waals surface area contributed by atoms with Gasteiger partial charge in [0.05, 0.1) is 89.1 Å². The van der Waals surface area contributed by atoms with Gasteiger partial charge in [0.2, 0.25) is 0 Å². The molecule has 0 radical (unpaired) electrons. The molecule has 0 unspecified atom stereocenters. The SMILES string of the molecule is N#CCCOCC(COCCC#N)(COCCC(=N)N)COCC/C(N)=N\O. The zero-order valence-corrected chi connectivity index (χ0v) is 16.1. The monoisotopic (exact) mass is 398 g/mol. The molecule has 0 aromatic carbocycles. The standard InChI is InChI=1S/C17H30N6O5/c18-5-1-7-25-11-17(12-26-8-2-6-19,13-27-9-3-15(20)21)14-28-10-4-16(22)23-24/h24H,1-4,7-14H2,(H3,20,21)(H2,22,23). The van der Waals surface area contributed by atoms with E-state index in [0.717, 1.165) is 0 Å². The summed E-state index contributed by atoms with van der Waals surface area (Å²) in [4.78, 5) is 0. The van der Waals surface area contributed by atoms with Crippen LogP contribution in [0.15, 0.2) is 5.16 Å². The molecule has 0 spiro atoms. The summed E-state index contributed by atoms with van der Waals surface area (Å²) in [6.07, 6.45) is 1.05. The Morgan fingerprint density at radius 2 is 1.29 bits per heavy atom. The van der Waals surface area contributed by atoms with Gasteiger partial charge in [-0.25, -0.2) is 0 Å². The van der Waals surface area contributed by atoms with Gasteiger partial charge >= 0.3 is 0 Å². The number of hydrogen-bond acceptors (Lipinski definition) is 9. The van der Waals surface area contributed by atoms with E-state index in [1.165, 1.54) is 0 Å². The first-order chi connectivity index (χ1) is 13.5. The maximum Gasteiger partial charge on any atom is 0.141 e. The molecular weight excluding hydrogens is 368 g/mol. The number of ether oxygens (including phenoxy) is 4. The minimum absolute atomic E-state index is 0.0242. The Morgan fingerprint density at radius 3 is 1.68 bits per heavy atom. The number of amidine groups is 2. The van der Waals surface area contributed by atoms with Crippen molar-refractivity contribution >= 4 is 11.7 Å². The molecule has 0 aliphatic heterocycles. The van der Waals surface area contributed by atoms with Crippen molar-refractivity contribution in [3.8, 4) is 12.1 Å². The second-order valence-corrected chi connectivity index (χ2v) is 6.14. The van der Waals surface area contributed by atoms with Crippen molar-refractivity contribution < 1.29 is 24.2 Å². The molecule has 0 heterocycles. The van der Waals surface area contributed by atoms with Crippen LogP contribution in [-0.4, -0.2) is 69.7 Å². The molecule has 0 aromatic rings. The fourth-order valence-electron chi connectivity index (χ4n) is 2.05. The van der Waals surface area contributed by atoms with Gasteiger partial charge in [-0.15, -0.1) is 0 Å². The van der Waals surface area contributed by atoms with E-state index in [4.69, 9.17) is 51.6 Å². The van der Waals surface area contributed by atoms with E-state index in [2.05, 4.69) is 5.16 Å². The van der Waals surface area contributed by atoms with Gasteiger partial charge in [-0.3, -0.25) is 5.41 Å². The maximum absolute atomic E-state index is 8.66. The minimum Gasteiger partial charge on any atom is -0.409 e. The average molecular weight is 398 g/mol. The first-order valence-electron chi connectivity index (χ1n) is 8.84. The Morgan fingerprint density at radius 1 is 0.857 bits per heavy atom. The van der Waals surface area contributed by atoms with Crippen LogP contribution in [0, 0.1) is 33.5 Å². The molecule has 11 heteroatoms. The van der Waals surface area contributed by atoms with E-state index in [0.29, 0.717) is 6.42 Å². The van der Waals surface area contributed by atoms with Gasteiger partial charge in [-0.1, -0.05) is 5.16 Å². The van der Waals surface area contributed by atoms with Gasteiger partial charge in [0.1, 0.15) is 5.84 Å². The van der Waals surface area contributed by atoms with Crippen LogP contribution in [0.4, 0.5) is 0 Å². The van der Waals surface area contributed by atoms with Gasteiger partial charge in [0.25, 0.3) is 0 Å². The summed E-state index contributed by atoms with van der Waals surface area (Å²) in [5, 5.41) is 36.0. The topological polar surface area (TPSA) is 193 Å². The van der Waals surface area contributed by atoms with E-state index in [-0.39, 0.29) is 83.8 Å². The number of hydrogen-bond donors (Lipinski definition) is 4. The van der Waals surface area contributed by atoms with E-state index in [9.17, 15) is 0 Å². The highest BCUT2D eigenvalue weighted by Crippen LogP contribution is 2.21. The summed E-state index contributed by atoms with van der Waals surface area (Å²) in [7, 11) is 0. The van der Waals surface area contributed by atoms with Crippen LogP contribution in [0.2, 0.25) is 0 Å². The number of nitrogens with zero attached hydrogens (tertiary/aromatic N) is 3. The Bertz CT molecular complexity index is 521. The number of nitrogens with two attached hydrogens (primary N) is 2. The molecule has 0 atom stereocenters. The lowest BCUT2D eigenvalue weighted by Crippen LogP contribution is -2.42. The van der Waals surface area contributed by atoms with E-state index < -0.39 is 5.41 Å². The highest BCUT2D eigenvalue weighted by Gasteiger charge is 2.32. The molecule has 0 saturated carbocycles. The molecule has 0 aliphatic carbocycles. The molecular formula is C17H30N6O5. The average Bonchev–Trinajstić information content (AvgIpc) is 2.68. The maximum atomic E-state index is 8.66. The second kappa shape index (κ2) is 16.7. The molecule has 0 fully saturated rings. The van der Waals surface area contributed by atoms with E-state index in [1.54, 1.807) is 0 Å². The third-order valence-corrected chi connectivity index (χ3v) is 3.50. The molecule has 0 saturated heterocycles. The van der Waals surface area contributed by atoms with Crippen LogP contribution in [0.5, 0.6) is 0 Å². The quantitative estimate of drug-likeness (QED) is 0.0827. The van der Waals surface area contributed by atoms with Crippen LogP contribution in [0.1, 0.15) is 25.7 Å². The Balaban J connectivity index is 4.89. The van der Waals surface area contributed by atoms with Crippen molar-refractivity contribution in [1.29, 1.82) is 15.9 Å². The van der Waals surface area contributed by atoms with Crippen molar-refractivity contribution in [2.24, 2.45) is 22.0 Å². The van der Waals surface area contributed by atoms with Crippen molar-refractivity contribution in [3.63, 3.8) is 0 Å². The molecule has 0 amide bonds. The zero-order chi connectivity index (χ0) is 21.1. The van der Waals surface area contributed by atoms with Crippen molar-refractivity contribution in [1.82, 2.24) is 0 Å². The summed E-state index contributed by atoms with van der Waals surface area (Å²) in [5.74, 6) is 0.0787. The number of nitriles is 2. The van der Waals surface area contributed by atoms with Gasteiger partial charge in [0.15, 0.2) is 0 Å². The summed E-state index contributed by atoms with van der Waals surface area (Å²) in [6.45, 7) is 1.84. The summed E-state index contributed by atoms with van der Waals surface area (Å²) >= 11 is 0. The number of oxime groups is 1. The highest BCUT2D eigenvalue weighted by atomic mass is 16.5. The molecule has 0 bridgehead atoms. The summed E-state index contributed by atoms with van der Waals surface area (Å²) in [6, 6.07) is 4.01. The number of nitrogens with one attached hydrogen (secondary N) is 1. The normalized spacial score (nSPS) is 11.7. The van der Waals surface area contributed by atoms with E-state index >= 15 is 0 Å². The molecule has 11 nitrogen and oxygen atoms in total. The predicted molar refractivity (Wildman–Crippen MR) is 101 cm³/mol. The highest BCUT2D eigenvalue weighted by molar-refractivity contribution is 5.79. The largest absolute Gasteiger partial charge is 0.409 e. The minimum atomic E-state index is -0.688. The zero-order valence-electron chi connectivity index (χ0n) is 16.1. The lowest BCUT2D eigenvalue weighted by Gasteiger charge is -2.33. The smallest absolute Gasteiger partial charge is 0.141 e. The third kappa shape index (κ3) is 13.7. The fourth-order valence-corrected chi connectivity index (χ4v) is 2.05. The Hall–Kier alpha value is -2.44. The van der Waals surface area contributed by atoms with Gasteiger partial charge in [0, 0.05) is 12.8 Å². The lowest BCUT2D eigenvalue weighted by atomic mass is 9.92. The fraction of sp³-hybridized carbons (Fsp3) is 0.765. The summed E-state index contributed by atoms with van der Waals surface area (Å²) < 4.78 is 22.5. The van der Waals surface area contributed by atoms with E-state index in [1.807, 2.05) is 12.1 Å². The summed E-state index contributed by atoms with van der Waals surface area (Å²) in [5.41, 5.74) is 10.1. The first-order valence-corrected chi connectivity index (χ1v) is 8.84. The van der Waals surface area contributed by atoms with Crippen molar-refractivity contribution in [2.45, 2.75) is 25.7 Å². The Labute approximate surface area is 165 Å². The van der Waals surface area contributed by atoms with Gasteiger partial charge in [-0.2, -0.15) is 10.5 Å². The molecule has 6 N–H and O–H groups in total. The molecule has 0 aromatic heterocycles. The van der Waals surface area contributed by atoms with Crippen LogP contribution >= 0.6 is 0 Å². The number of rotatable bonds is 18. The van der Waals surface area contributed by atoms with Crippen molar-refractivity contribution in [3.05, 3.63) is 0 Å². The van der Waals surface area contributed by atoms with Gasteiger partial charge < -0.3 is 35.6 Å². The Kier molecular flexibility index (Phi) is 15.3. The lowest BCUT2D eigenvalue weighted by molar-refractivity contribution is -0.104. The molecule has 0 aliphatic rings. The molecule has 28 heavy (non-hydrogen) atoms. The van der Waals surface area contributed by atoms with Crippen LogP contribution in [0.3, 0.4) is 0 Å². The third-order valence-electron chi connectivity index (χ3n) is 3.50. The first kappa shape index (κ1) is 25.6. The van der Waals surface area contributed by atoms with Crippen LogP contribution in [0.25, 0.3) is 0 Å². The molecule has 158 valence electrons. The van der Waals surface area contributed by atoms with Gasteiger partial charge in [-0.05, 0) is 0 Å². The second-order valence-electron chi connectivity index (χ2n) is 6.14.